The summed E-state index contributed by atoms with van der Waals surface area (Å²) in [5, 5.41) is 7.42. The van der Waals surface area contributed by atoms with Gasteiger partial charge in [0.05, 0.1) is 29.7 Å². The van der Waals surface area contributed by atoms with Gasteiger partial charge in [-0.05, 0) is 50.4 Å². The minimum Gasteiger partial charge on any atom is -0.494 e. The average Bonchev–Trinajstić information content (AvgIpc) is 3.31. The van der Waals surface area contributed by atoms with Gasteiger partial charge in [-0.3, -0.25) is 4.79 Å². The number of anilines is 4. The molecule has 0 saturated carbocycles. The Bertz CT molecular complexity index is 1440. The maximum atomic E-state index is 12.2. The maximum absolute atomic E-state index is 12.2. The first-order chi connectivity index (χ1) is 18.3. The summed E-state index contributed by atoms with van der Waals surface area (Å²) in [6, 6.07) is 13.9. The van der Waals surface area contributed by atoms with Crippen LogP contribution < -0.4 is 20.3 Å². The monoisotopic (exact) mass is 513 g/mol. The van der Waals surface area contributed by atoms with Crippen molar-refractivity contribution in [3.63, 3.8) is 0 Å². The van der Waals surface area contributed by atoms with Gasteiger partial charge in [-0.25, -0.2) is 4.98 Å². The van der Waals surface area contributed by atoms with Gasteiger partial charge in [0.2, 0.25) is 11.9 Å². The van der Waals surface area contributed by atoms with Crippen LogP contribution in [0.1, 0.15) is 12.5 Å². The van der Waals surface area contributed by atoms with Crippen molar-refractivity contribution in [2.75, 3.05) is 56.9 Å². The zero-order valence-electron chi connectivity index (χ0n) is 22.7. The van der Waals surface area contributed by atoms with Crippen LogP contribution in [0.2, 0.25) is 0 Å². The first-order valence-corrected chi connectivity index (χ1v) is 12.5. The third-order valence-corrected chi connectivity index (χ3v) is 6.36. The van der Waals surface area contributed by atoms with Gasteiger partial charge in [-0.1, -0.05) is 31.7 Å². The molecule has 0 unspecified atom stereocenters. The smallest absolute Gasteiger partial charge is 0.247 e. The lowest BCUT2D eigenvalue weighted by molar-refractivity contribution is -0.111. The lowest BCUT2D eigenvalue weighted by Crippen LogP contribution is -2.29. The largest absolute Gasteiger partial charge is 0.494 e. The van der Waals surface area contributed by atoms with E-state index in [1.807, 2.05) is 45.4 Å². The van der Waals surface area contributed by atoms with Gasteiger partial charge in [0.15, 0.2) is 0 Å². The van der Waals surface area contributed by atoms with Crippen LogP contribution in [0.3, 0.4) is 0 Å². The number of nitrogens with zero attached hydrogens (tertiary/aromatic N) is 5. The minimum atomic E-state index is -0.298. The molecule has 2 heterocycles. The van der Waals surface area contributed by atoms with Crippen molar-refractivity contribution in [2.24, 2.45) is 0 Å². The number of amides is 1. The molecule has 2 N–H and O–H groups in total. The predicted octanol–water partition coefficient (Wildman–Crippen LogP) is 4.86. The van der Waals surface area contributed by atoms with E-state index >= 15 is 0 Å². The third-order valence-electron chi connectivity index (χ3n) is 6.36. The highest BCUT2D eigenvalue weighted by atomic mass is 16.5. The highest BCUT2D eigenvalue weighted by Gasteiger charge is 2.17. The Labute approximate surface area is 223 Å². The molecule has 9 nitrogen and oxygen atoms in total. The number of likely N-dealkylation sites (N-methyl/N-ethyl adjacent to an activating group) is 2. The number of fused-ring (bicyclic) bond motifs is 1. The van der Waals surface area contributed by atoms with E-state index in [0.29, 0.717) is 23.1 Å². The van der Waals surface area contributed by atoms with E-state index in [1.165, 1.54) is 17.0 Å². The Morgan fingerprint density at radius 1 is 1.13 bits per heavy atom. The molecule has 0 bridgehead atoms. The fourth-order valence-corrected chi connectivity index (χ4v) is 4.29. The standard InChI is InChI=1S/C29H35N7O2/c1-7-20-19-36(24-12-10-9-11-21(20)24)27-13-14-30-29(33-27)32-23-17-22(31-28(37)8-2)25(18-26(23)38-6)35(5)16-15-34(3)4/h8-14,17-19H,2,7,15-16H2,1,3-6H3,(H,31,37)(H,30,32,33). The molecule has 0 radical (unpaired) electrons. The Kier molecular flexibility index (Phi) is 8.28. The van der Waals surface area contributed by atoms with Crippen LogP contribution in [0.25, 0.3) is 16.7 Å². The first-order valence-electron chi connectivity index (χ1n) is 12.5. The quantitative estimate of drug-likeness (QED) is 0.277. The van der Waals surface area contributed by atoms with Crippen LogP contribution in [0.5, 0.6) is 5.75 Å². The fraction of sp³-hybridized carbons (Fsp3) is 0.276. The number of carbonyl (C=O) groups excluding carboxylic acids is 1. The zero-order chi connectivity index (χ0) is 27.2. The van der Waals surface area contributed by atoms with E-state index in [1.54, 1.807) is 13.3 Å². The molecule has 4 rings (SSSR count). The van der Waals surface area contributed by atoms with Crippen molar-refractivity contribution in [1.29, 1.82) is 0 Å². The van der Waals surface area contributed by atoms with E-state index in [0.717, 1.165) is 36.5 Å². The van der Waals surface area contributed by atoms with Crippen molar-refractivity contribution in [1.82, 2.24) is 19.4 Å². The van der Waals surface area contributed by atoms with Crippen molar-refractivity contribution in [3.05, 3.63) is 73.1 Å². The molecule has 0 spiro atoms. The topological polar surface area (TPSA) is 87.5 Å². The molecule has 0 aliphatic rings. The zero-order valence-corrected chi connectivity index (χ0v) is 22.7. The van der Waals surface area contributed by atoms with Crippen LogP contribution in [0.15, 0.2) is 67.5 Å². The molecule has 38 heavy (non-hydrogen) atoms. The second-order valence-corrected chi connectivity index (χ2v) is 9.25. The molecule has 4 aromatic rings. The number of nitrogens with one attached hydrogen (secondary N) is 2. The summed E-state index contributed by atoms with van der Waals surface area (Å²) in [6.07, 6.45) is 6.02. The number of aryl methyl sites for hydroxylation is 1. The highest BCUT2D eigenvalue weighted by molar-refractivity contribution is 6.02. The van der Waals surface area contributed by atoms with Gasteiger partial charge in [0.25, 0.3) is 0 Å². The third kappa shape index (κ3) is 5.78. The van der Waals surface area contributed by atoms with Crippen LogP contribution in [-0.2, 0) is 11.2 Å². The number of hydrogen-bond acceptors (Lipinski definition) is 7. The number of rotatable bonds is 11. The van der Waals surface area contributed by atoms with E-state index in [2.05, 4.69) is 67.9 Å². The van der Waals surface area contributed by atoms with Crippen LogP contribution in [-0.4, -0.2) is 66.7 Å². The Morgan fingerprint density at radius 3 is 2.63 bits per heavy atom. The summed E-state index contributed by atoms with van der Waals surface area (Å²) < 4.78 is 7.80. The molecule has 2 aromatic heterocycles. The predicted molar refractivity (Wildman–Crippen MR) is 155 cm³/mol. The lowest BCUT2D eigenvalue weighted by Gasteiger charge is -2.26. The van der Waals surface area contributed by atoms with Gasteiger partial charge >= 0.3 is 0 Å². The lowest BCUT2D eigenvalue weighted by atomic mass is 10.1. The Hall–Kier alpha value is -4.37. The van der Waals surface area contributed by atoms with Crippen molar-refractivity contribution in [2.45, 2.75) is 13.3 Å². The number of aromatic nitrogens is 3. The summed E-state index contributed by atoms with van der Waals surface area (Å²) in [5.41, 5.74) is 4.42. The summed E-state index contributed by atoms with van der Waals surface area (Å²) in [7, 11) is 7.64. The van der Waals surface area contributed by atoms with Crippen LogP contribution in [0, 0.1) is 0 Å². The van der Waals surface area contributed by atoms with Gasteiger partial charge in [-0.15, -0.1) is 0 Å². The van der Waals surface area contributed by atoms with Crippen molar-refractivity contribution < 1.29 is 9.53 Å². The Balaban J connectivity index is 1.71. The summed E-state index contributed by atoms with van der Waals surface area (Å²) >= 11 is 0. The molecule has 9 heteroatoms. The molecule has 2 aromatic carbocycles. The molecule has 198 valence electrons. The Morgan fingerprint density at radius 2 is 1.92 bits per heavy atom. The van der Waals surface area contributed by atoms with Gasteiger partial charge in [0, 0.05) is 44.0 Å². The van der Waals surface area contributed by atoms with Gasteiger partial charge < -0.3 is 29.7 Å². The number of hydrogen-bond donors (Lipinski definition) is 2. The maximum Gasteiger partial charge on any atom is 0.247 e. The molecular formula is C29H35N7O2. The van der Waals surface area contributed by atoms with E-state index in [-0.39, 0.29) is 5.91 Å². The summed E-state index contributed by atoms with van der Waals surface area (Å²) in [4.78, 5) is 25.7. The second-order valence-electron chi connectivity index (χ2n) is 9.25. The fourth-order valence-electron chi connectivity index (χ4n) is 4.29. The molecule has 0 fully saturated rings. The van der Waals surface area contributed by atoms with E-state index in [9.17, 15) is 4.79 Å². The van der Waals surface area contributed by atoms with Crippen molar-refractivity contribution >= 4 is 39.8 Å². The van der Waals surface area contributed by atoms with Crippen molar-refractivity contribution in [3.8, 4) is 11.6 Å². The minimum absolute atomic E-state index is 0.298. The number of carbonyl (C=O) groups is 1. The van der Waals surface area contributed by atoms with Crippen LogP contribution in [0.4, 0.5) is 23.0 Å². The highest BCUT2D eigenvalue weighted by Crippen LogP contribution is 2.38. The number of para-hydroxylation sites is 1. The molecule has 0 saturated heterocycles. The van der Waals surface area contributed by atoms with Crippen LogP contribution >= 0.6 is 0 Å². The molecule has 0 atom stereocenters. The van der Waals surface area contributed by atoms with E-state index < -0.39 is 0 Å². The normalized spacial score (nSPS) is 11.0. The average molecular weight is 514 g/mol. The SMILES string of the molecule is C=CC(=O)Nc1cc(Nc2nccc(-n3cc(CC)c4ccccc43)n2)c(OC)cc1N(C)CCN(C)C. The number of methoxy groups -OCH3 is 1. The second kappa shape index (κ2) is 11.8. The van der Waals surface area contributed by atoms with Gasteiger partial charge in [-0.2, -0.15) is 4.98 Å². The van der Waals surface area contributed by atoms with E-state index in [4.69, 9.17) is 9.72 Å². The summed E-state index contributed by atoms with van der Waals surface area (Å²) in [5.74, 6) is 1.46. The van der Waals surface area contributed by atoms with Gasteiger partial charge in [0.1, 0.15) is 11.6 Å². The first kappa shape index (κ1) is 26.7. The number of benzene rings is 2. The summed E-state index contributed by atoms with van der Waals surface area (Å²) in [6.45, 7) is 7.35. The molecule has 0 aliphatic heterocycles. The molecule has 0 aliphatic carbocycles. The molecule has 1 amide bonds. The molecular weight excluding hydrogens is 478 g/mol. The number of ether oxygens (including phenoxy) is 1.